The largest absolute Gasteiger partial charge is 0.316 e. The summed E-state index contributed by atoms with van der Waals surface area (Å²) >= 11 is 6.14. The van der Waals surface area contributed by atoms with E-state index in [-0.39, 0.29) is 0 Å². The maximum atomic E-state index is 6.14. The van der Waals surface area contributed by atoms with E-state index in [2.05, 4.69) is 29.6 Å². The number of nitrogens with zero attached hydrogens (tertiary/aromatic N) is 2. The summed E-state index contributed by atoms with van der Waals surface area (Å²) in [6, 6.07) is 6.03. The van der Waals surface area contributed by atoms with Crippen LogP contribution in [0.4, 0.5) is 0 Å². The molecule has 1 heterocycles. The summed E-state index contributed by atoms with van der Waals surface area (Å²) in [5, 5.41) is 8.52. The van der Waals surface area contributed by atoms with Crippen LogP contribution in [-0.2, 0) is 13.1 Å². The van der Waals surface area contributed by atoms with Crippen LogP contribution in [0.15, 0.2) is 24.4 Å². The molecule has 0 aliphatic heterocycles. The van der Waals surface area contributed by atoms with Gasteiger partial charge in [0.2, 0.25) is 0 Å². The van der Waals surface area contributed by atoms with Crippen molar-refractivity contribution in [3.05, 3.63) is 40.7 Å². The van der Waals surface area contributed by atoms with Gasteiger partial charge in [-0.2, -0.15) is 5.10 Å². The van der Waals surface area contributed by atoms with Gasteiger partial charge in [-0.25, -0.2) is 0 Å². The number of aryl methyl sites for hydroxylation is 2. The fourth-order valence-corrected chi connectivity index (χ4v) is 2.44. The van der Waals surface area contributed by atoms with Crippen LogP contribution in [0.1, 0.15) is 24.6 Å². The highest BCUT2D eigenvalue weighted by atomic mass is 35.5. The molecule has 0 spiro atoms. The Bertz CT molecular complexity index is 561. The van der Waals surface area contributed by atoms with Gasteiger partial charge in [0.15, 0.2) is 0 Å². The Morgan fingerprint density at radius 1 is 1.32 bits per heavy atom. The van der Waals surface area contributed by atoms with Crippen molar-refractivity contribution in [2.75, 3.05) is 7.05 Å². The van der Waals surface area contributed by atoms with Gasteiger partial charge in [-0.3, -0.25) is 4.68 Å². The Kier molecular flexibility index (Phi) is 4.61. The van der Waals surface area contributed by atoms with Crippen LogP contribution < -0.4 is 5.32 Å². The lowest BCUT2D eigenvalue weighted by atomic mass is 10.0. The first-order chi connectivity index (χ1) is 9.15. The fourth-order valence-electron chi connectivity index (χ4n) is 2.27. The Hall–Kier alpha value is -1.32. The molecule has 2 rings (SSSR count). The second kappa shape index (κ2) is 6.22. The van der Waals surface area contributed by atoms with Gasteiger partial charge in [0.05, 0.1) is 5.69 Å². The van der Waals surface area contributed by atoms with E-state index in [0.29, 0.717) is 0 Å². The van der Waals surface area contributed by atoms with E-state index in [1.54, 1.807) is 0 Å². The Morgan fingerprint density at radius 3 is 2.79 bits per heavy atom. The average Bonchev–Trinajstić information content (AvgIpc) is 2.73. The summed E-state index contributed by atoms with van der Waals surface area (Å²) in [5.41, 5.74) is 4.63. The molecule has 4 heteroatoms. The first-order valence-electron chi connectivity index (χ1n) is 6.63. The number of hydrogen-bond donors (Lipinski definition) is 1. The molecule has 0 aliphatic rings. The SMILES string of the molecule is CCCn1cc(-c2cc(Cl)ccc2CNC)c(C)n1. The van der Waals surface area contributed by atoms with E-state index in [0.717, 1.165) is 30.2 Å². The normalized spacial score (nSPS) is 10.9. The molecular formula is C15H20ClN3. The summed E-state index contributed by atoms with van der Waals surface area (Å²) in [5.74, 6) is 0. The smallest absolute Gasteiger partial charge is 0.0672 e. The predicted molar refractivity (Wildman–Crippen MR) is 80.5 cm³/mol. The zero-order valence-electron chi connectivity index (χ0n) is 11.7. The van der Waals surface area contributed by atoms with E-state index in [1.165, 1.54) is 16.7 Å². The number of benzene rings is 1. The van der Waals surface area contributed by atoms with Gasteiger partial charge in [0, 0.05) is 29.9 Å². The molecule has 1 aromatic carbocycles. The number of aromatic nitrogens is 2. The van der Waals surface area contributed by atoms with Crippen LogP contribution in [-0.4, -0.2) is 16.8 Å². The molecule has 2 aromatic rings. The first-order valence-corrected chi connectivity index (χ1v) is 7.01. The summed E-state index contributed by atoms with van der Waals surface area (Å²) in [4.78, 5) is 0. The monoisotopic (exact) mass is 277 g/mol. The van der Waals surface area contributed by atoms with Crippen molar-refractivity contribution in [3.63, 3.8) is 0 Å². The molecule has 0 unspecified atom stereocenters. The summed E-state index contributed by atoms with van der Waals surface area (Å²) in [6.45, 7) is 5.97. The highest BCUT2D eigenvalue weighted by Crippen LogP contribution is 2.29. The van der Waals surface area contributed by atoms with Crippen molar-refractivity contribution in [2.24, 2.45) is 0 Å². The molecule has 0 saturated heterocycles. The zero-order valence-corrected chi connectivity index (χ0v) is 12.5. The summed E-state index contributed by atoms with van der Waals surface area (Å²) in [7, 11) is 1.95. The number of rotatable bonds is 5. The topological polar surface area (TPSA) is 29.9 Å². The minimum absolute atomic E-state index is 0.762. The average molecular weight is 278 g/mol. The van der Waals surface area contributed by atoms with Gasteiger partial charge >= 0.3 is 0 Å². The van der Waals surface area contributed by atoms with Gasteiger partial charge in [-0.1, -0.05) is 24.6 Å². The molecule has 3 nitrogen and oxygen atoms in total. The molecule has 1 N–H and O–H groups in total. The van der Waals surface area contributed by atoms with Crippen molar-refractivity contribution in [3.8, 4) is 11.1 Å². The van der Waals surface area contributed by atoms with E-state index >= 15 is 0 Å². The minimum atomic E-state index is 0.762. The van der Waals surface area contributed by atoms with E-state index < -0.39 is 0 Å². The van der Waals surface area contributed by atoms with Crippen LogP contribution in [0.3, 0.4) is 0 Å². The second-order valence-corrected chi connectivity index (χ2v) is 5.16. The van der Waals surface area contributed by atoms with Crippen LogP contribution in [0.25, 0.3) is 11.1 Å². The van der Waals surface area contributed by atoms with Gasteiger partial charge < -0.3 is 5.32 Å². The molecule has 0 aliphatic carbocycles. The maximum Gasteiger partial charge on any atom is 0.0672 e. The highest BCUT2D eigenvalue weighted by Gasteiger charge is 2.11. The number of hydrogen-bond acceptors (Lipinski definition) is 2. The first kappa shape index (κ1) is 14.1. The lowest BCUT2D eigenvalue weighted by Gasteiger charge is -2.09. The Labute approximate surface area is 119 Å². The van der Waals surface area contributed by atoms with Gasteiger partial charge in [-0.15, -0.1) is 0 Å². The third-order valence-corrected chi connectivity index (χ3v) is 3.36. The van der Waals surface area contributed by atoms with E-state index in [1.807, 2.05) is 30.8 Å². The Balaban J connectivity index is 2.47. The molecule has 0 saturated carbocycles. The Morgan fingerprint density at radius 2 is 2.11 bits per heavy atom. The molecule has 1 aromatic heterocycles. The number of nitrogens with one attached hydrogen (secondary N) is 1. The third-order valence-electron chi connectivity index (χ3n) is 3.13. The summed E-state index contributed by atoms with van der Waals surface area (Å²) < 4.78 is 2.01. The molecule has 0 amide bonds. The van der Waals surface area contributed by atoms with Gasteiger partial charge in [-0.05, 0) is 43.7 Å². The standard InChI is InChI=1S/C15H20ClN3/c1-4-7-19-10-15(11(2)18-19)14-8-13(16)6-5-12(14)9-17-3/h5-6,8,10,17H,4,7,9H2,1-3H3. The molecule has 0 fully saturated rings. The number of halogens is 1. The molecule has 0 atom stereocenters. The van der Waals surface area contributed by atoms with Gasteiger partial charge in [0.1, 0.15) is 0 Å². The van der Waals surface area contributed by atoms with Crippen molar-refractivity contribution >= 4 is 11.6 Å². The maximum absolute atomic E-state index is 6.14. The van der Waals surface area contributed by atoms with Crippen LogP contribution in [0.5, 0.6) is 0 Å². The highest BCUT2D eigenvalue weighted by molar-refractivity contribution is 6.30. The fraction of sp³-hybridized carbons (Fsp3) is 0.400. The third kappa shape index (κ3) is 3.17. The second-order valence-electron chi connectivity index (χ2n) is 4.72. The molecular weight excluding hydrogens is 258 g/mol. The molecule has 19 heavy (non-hydrogen) atoms. The van der Waals surface area contributed by atoms with Crippen molar-refractivity contribution in [1.29, 1.82) is 0 Å². The zero-order chi connectivity index (χ0) is 13.8. The van der Waals surface area contributed by atoms with Crippen molar-refractivity contribution < 1.29 is 0 Å². The van der Waals surface area contributed by atoms with Crippen LogP contribution in [0.2, 0.25) is 5.02 Å². The lowest BCUT2D eigenvalue weighted by Crippen LogP contribution is -2.06. The molecule has 0 bridgehead atoms. The van der Waals surface area contributed by atoms with Crippen LogP contribution in [0, 0.1) is 6.92 Å². The minimum Gasteiger partial charge on any atom is -0.316 e. The molecule has 102 valence electrons. The van der Waals surface area contributed by atoms with Crippen molar-refractivity contribution in [2.45, 2.75) is 33.4 Å². The quantitative estimate of drug-likeness (QED) is 0.904. The lowest BCUT2D eigenvalue weighted by molar-refractivity contribution is 0.598. The molecule has 0 radical (unpaired) electrons. The van der Waals surface area contributed by atoms with E-state index in [9.17, 15) is 0 Å². The van der Waals surface area contributed by atoms with Crippen molar-refractivity contribution in [1.82, 2.24) is 15.1 Å². The van der Waals surface area contributed by atoms with Crippen LogP contribution >= 0.6 is 11.6 Å². The van der Waals surface area contributed by atoms with E-state index in [4.69, 9.17) is 11.6 Å². The summed E-state index contributed by atoms with van der Waals surface area (Å²) in [6.07, 6.45) is 3.20. The van der Waals surface area contributed by atoms with Gasteiger partial charge in [0.25, 0.3) is 0 Å². The predicted octanol–water partition coefficient (Wildman–Crippen LogP) is 3.64.